The van der Waals surface area contributed by atoms with E-state index in [1.54, 1.807) is 0 Å². The first kappa shape index (κ1) is 6.99. The average molecular weight is 157 g/mol. The topological polar surface area (TPSA) is 12.0 Å². The molecule has 1 N–H and O–H groups in total. The van der Waals surface area contributed by atoms with Gasteiger partial charge in [0.1, 0.15) is 0 Å². The average Bonchev–Trinajstić information content (AvgIpc) is 2.10. The summed E-state index contributed by atoms with van der Waals surface area (Å²) in [6.45, 7) is 2.28. The lowest BCUT2D eigenvalue weighted by molar-refractivity contribution is 0.282. The highest BCUT2D eigenvalue weighted by atomic mass is 32.2. The maximum Gasteiger partial charge on any atom is 0.0563 e. The summed E-state index contributed by atoms with van der Waals surface area (Å²) in [6, 6.07) is 0.760. The number of hydrogen-bond donors (Lipinski definition) is 1. The Labute approximate surface area is 67.0 Å². The smallest absolute Gasteiger partial charge is 0.0563 e. The second-order valence-electron chi connectivity index (χ2n) is 3.51. The van der Waals surface area contributed by atoms with Crippen LogP contribution in [0.25, 0.3) is 0 Å². The Bertz CT molecular complexity index is 122. The van der Waals surface area contributed by atoms with Crippen molar-refractivity contribution in [3.8, 4) is 0 Å². The molecule has 1 saturated carbocycles. The molecule has 0 aromatic heterocycles. The Balaban J connectivity index is 1.82. The van der Waals surface area contributed by atoms with E-state index in [4.69, 9.17) is 0 Å². The van der Waals surface area contributed by atoms with Crippen LogP contribution in [0.3, 0.4) is 0 Å². The molecule has 1 heterocycles. The Morgan fingerprint density at radius 3 is 2.60 bits per heavy atom. The molecular weight excluding hydrogens is 142 g/mol. The summed E-state index contributed by atoms with van der Waals surface area (Å²) in [7, 11) is 0. The molecule has 10 heavy (non-hydrogen) atoms. The highest BCUT2D eigenvalue weighted by Crippen LogP contribution is 2.37. The van der Waals surface area contributed by atoms with Crippen LogP contribution in [-0.2, 0) is 0 Å². The highest BCUT2D eigenvalue weighted by molar-refractivity contribution is 8.00. The lowest BCUT2D eigenvalue weighted by Crippen LogP contribution is -2.36. The van der Waals surface area contributed by atoms with E-state index in [2.05, 4.69) is 24.0 Å². The first-order valence-corrected chi connectivity index (χ1v) is 5.29. The normalized spacial score (nSPS) is 41.7. The van der Waals surface area contributed by atoms with Crippen molar-refractivity contribution in [3.05, 3.63) is 0 Å². The van der Waals surface area contributed by atoms with E-state index in [0.29, 0.717) is 0 Å². The van der Waals surface area contributed by atoms with Crippen LogP contribution in [0.5, 0.6) is 0 Å². The van der Waals surface area contributed by atoms with Crippen molar-refractivity contribution in [2.75, 3.05) is 5.75 Å². The summed E-state index contributed by atoms with van der Waals surface area (Å²) in [4.78, 5) is 0. The van der Waals surface area contributed by atoms with Crippen molar-refractivity contribution in [1.82, 2.24) is 5.32 Å². The number of hydrogen-bond acceptors (Lipinski definition) is 2. The van der Waals surface area contributed by atoms with Crippen LogP contribution in [0.4, 0.5) is 0 Å². The van der Waals surface area contributed by atoms with Gasteiger partial charge in [-0.3, -0.25) is 0 Å². The van der Waals surface area contributed by atoms with Gasteiger partial charge in [-0.05, 0) is 25.7 Å². The molecule has 2 heteroatoms. The molecule has 0 aromatic rings. The molecule has 0 radical (unpaired) electrons. The molecule has 2 atom stereocenters. The minimum atomic E-state index is 0.760. The number of nitrogens with one attached hydrogen (secondary N) is 1. The molecule has 1 saturated heterocycles. The highest BCUT2D eigenvalue weighted by Gasteiger charge is 2.31. The zero-order chi connectivity index (χ0) is 6.97. The maximum atomic E-state index is 3.62. The monoisotopic (exact) mass is 157 g/mol. The molecule has 2 unspecified atom stereocenters. The van der Waals surface area contributed by atoms with Crippen LogP contribution >= 0.6 is 11.8 Å². The minimum Gasteiger partial charge on any atom is -0.302 e. The van der Waals surface area contributed by atoms with Crippen LogP contribution in [0.1, 0.15) is 26.2 Å². The van der Waals surface area contributed by atoms with Crippen LogP contribution in [0, 0.1) is 5.92 Å². The van der Waals surface area contributed by atoms with E-state index in [0.717, 1.165) is 17.3 Å². The van der Waals surface area contributed by atoms with E-state index in [-0.39, 0.29) is 0 Å². The molecule has 0 spiro atoms. The fourth-order valence-corrected chi connectivity index (χ4v) is 3.10. The van der Waals surface area contributed by atoms with Crippen molar-refractivity contribution in [1.29, 1.82) is 0 Å². The summed E-state index contributed by atoms with van der Waals surface area (Å²) in [5, 5.41) is 4.43. The van der Waals surface area contributed by atoms with Crippen molar-refractivity contribution >= 4 is 11.8 Å². The van der Waals surface area contributed by atoms with Gasteiger partial charge in [-0.25, -0.2) is 0 Å². The van der Waals surface area contributed by atoms with Crippen LogP contribution in [-0.4, -0.2) is 17.2 Å². The first-order valence-electron chi connectivity index (χ1n) is 4.24. The largest absolute Gasteiger partial charge is 0.302 e. The Morgan fingerprint density at radius 2 is 2.20 bits per heavy atom. The molecule has 0 bridgehead atoms. The Morgan fingerprint density at radius 1 is 1.40 bits per heavy atom. The van der Waals surface area contributed by atoms with Crippen molar-refractivity contribution in [2.24, 2.45) is 5.92 Å². The van der Waals surface area contributed by atoms with Gasteiger partial charge in [0.15, 0.2) is 0 Å². The van der Waals surface area contributed by atoms with Gasteiger partial charge in [-0.15, -0.1) is 11.8 Å². The van der Waals surface area contributed by atoms with Gasteiger partial charge in [-0.1, -0.05) is 6.42 Å². The molecule has 1 aliphatic heterocycles. The molecule has 2 aliphatic rings. The lowest BCUT2D eigenvalue weighted by atomic mass is 9.85. The summed E-state index contributed by atoms with van der Waals surface area (Å²) in [5.41, 5.74) is 0. The van der Waals surface area contributed by atoms with Gasteiger partial charge in [0.25, 0.3) is 0 Å². The molecule has 1 aliphatic carbocycles. The summed E-state index contributed by atoms with van der Waals surface area (Å²) in [6.07, 6.45) is 4.41. The van der Waals surface area contributed by atoms with Gasteiger partial charge < -0.3 is 5.32 Å². The molecule has 0 aromatic carbocycles. The van der Waals surface area contributed by atoms with Gasteiger partial charge in [0.05, 0.1) is 5.37 Å². The third-order valence-electron chi connectivity index (χ3n) is 2.55. The van der Waals surface area contributed by atoms with Gasteiger partial charge in [0.2, 0.25) is 0 Å². The molecule has 0 amide bonds. The predicted octanol–water partition coefficient (Wildman–Crippen LogP) is 1.84. The quantitative estimate of drug-likeness (QED) is 0.623. The Hall–Kier alpha value is 0.310. The van der Waals surface area contributed by atoms with Crippen LogP contribution in [0.2, 0.25) is 0 Å². The predicted molar refractivity (Wildman–Crippen MR) is 46.2 cm³/mol. The Kier molecular flexibility index (Phi) is 1.92. The van der Waals surface area contributed by atoms with Crippen LogP contribution in [0.15, 0.2) is 0 Å². The second kappa shape index (κ2) is 2.74. The third kappa shape index (κ3) is 1.19. The van der Waals surface area contributed by atoms with Crippen molar-refractivity contribution in [2.45, 2.75) is 37.6 Å². The zero-order valence-electron chi connectivity index (χ0n) is 6.47. The van der Waals surface area contributed by atoms with E-state index < -0.39 is 0 Å². The maximum absolute atomic E-state index is 3.62. The minimum absolute atomic E-state index is 0.760. The van der Waals surface area contributed by atoms with E-state index in [1.165, 1.54) is 25.0 Å². The van der Waals surface area contributed by atoms with Crippen molar-refractivity contribution in [3.63, 3.8) is 0 Å². The van der Waals surface area contributed by atoms with E-state index >= 15 is 0 Å². The molecule has 58 valence electrons. The second-order valence-corrected chi connectivity index (χ2v) is 4.69. The lowest BCUT2D eigenvalue weighted by Gasteiger charge is -2.30. The van der Waals surface area contributed by atoms with Gasteiger partial charge in [-0.2, -0.15) is 0 Å². The number of rotatable bonds is 1. The summed E-state index contributed by atoms with van der Waals surface area (Å²) in [5.74, 6) is 2.33. The van der Waals surface area contributed by atoms with E-state index in [9.17, 15) is 0 Å². The fraction of sp³-hybridized carbons (Fsp3) is 1.00. The summed E-state index contributed by atoms with van der Waals surface area (Å²) >= 11 is 2.12. The molecule has 1 nitrogen and oxygen atoms in total. The van der Waals surface area contributed by atoms with Crippen molar-refractivity contribution < 1.29 is 0 Å². The zero-order valence-corrected chi connectivity index (χ0v) is 7.29. The SMILES string of the molecule is CC1CSC(C2CCC2)N1. The van der Waals surface area contributed by atoms with Gasteiger partial charge in [0, 0.05) is 11.8 Å². The molecule has 2 rings (SSSR count). The standard InChI is InChI=1S/C8H15NS/c1-6-5-10-8(9-6)7-3-2-4-7/h6-9H,2-5H2,1H3. The first-order chi connectivity index (χ1) is 4.86. The molecular formula is C8H15NS. The molecule has 2 fully saturated rings. The number of thioether (sulfide) groups is 1. The van der Waals surface area contributed by atoms with E-state index in [1.807, 2.05) is 0 Å². The summed E-state index contributed by atoms with van der Waals surface area (Å²) < 4.78 is 0. The van der Waals surface area contributed by atoms with Crippen LogP contribution < -0.4 is 5.32 Å². The van der Waals surface area contributed by atoms with Gasteiger partial charge >= 0.3 is 0 Å². The third-order valence-corrected chi connectivity index (χ3v) is 4.13. The fourth-order valence-electron chi connectivity index (χ4n) is 1.64.